The van der Waals surface area contributed by atoms with Gasteiger partial charge in [0.1, 0.15) is 6.54 Å². The van der Waals surface area contributed by atoms with E-state index in [9.17, 15) is 14.4 Å². The second-order valence-corrected chi connectivity index (χ2v) is 6.23. The summed E-state index contributed by atoms with van der Waals surface area (Å²) in [6.45, 7) is 1.08. The Labute approximate surface area is 135 Å². The van der Waals surface area contributed by atoms with E-state index in [1.54, 1.807) is 10.9 Å². The Kier molecular flexibility index (Phi) is 4.73. The largest absolute Gasteiger partial charge is 0.354 e. The molecule has 1 saturated heterocycles. The molecule has 3 amide bonds. The molecule has 2 aliphatic rings. The first-order valence-corrected chi connectivity index (χ1v) is 8.26. The average Bonchev–Trinajstić information content (AvgIpc) is 3.15. The highest BCUT2D eigenvalue weighted by atomic mass is 16.2. The van der Waals surface area contributed by atoms with E-state index in [-0.39, 0.29) is 36.1 Å². The standard InChI is InChI=1S/C16H22N4O3/c21-14(17-7-3-9-19-10-4-8-18-19)11-20-15(22)12-5-1-2-6-13(12)16(20)23/h4,8,10,12-13H,1-3,5-7,9,11H2,(H,17,21)/t12-,13-/m0/s1. The molecule has 0 bridgehead atoms. The molecular formula is C16H22N4O3. The van der Waals surface area contributed by atoms with Crippen molar-refractivity contribution in [2.45, 2.75) is 38.6 Å². The Bertz CT molecular complexity index is 560. The summed E-state index contributed by atoms with van der Waals surface area (Å²) in [6, 6.07) is 1.85. The van der Waals surface area contributed by atoms with Gasteiger partial charge in [-0.1, -0.05) is 12.8 Å². The lowest BCUT2D eigenvalue weighted by molar-refractivity contribution is -0.143. The summed E-state index contributed by atoms with van der Waals surface area (Å²) in [6.07, 6.45) is 7.87. The Morgan fingerprint density at radius 3 is 2.52 bits per heavy atom. The normalized spacial score (nSPS) is 23.9. The van der Waals surface area contributed by atoms with Crippen molar-refractivity contribution < 1.29 is 14.4 Å². The van der Waals surface area contributed by atoms with Crippen LogP contribution in [0.15, 0.2) is 18.5 Å². The van der Waals surface area contributed by atoms with Gasteiger partial charge in [-0.25, -0.2) is 0 Å². The number of carbonyl (C=O) groups excluding carboxylic acids is 3. The highest BCUT2D eigenvalue weighted by molar-refractivity contribution is 6.07. The molecule has 7 heteroatoms. The molecule has 23 heavy (non-hydrogen) atoms. The number of likely N-dealkylation sites (tertiary alicyclic amines) is 1. The molecule has 1 aliphatic carbocycles. The minimum atomic E-state index is -0.272. The molecule has 2 fully saturated rings. The maximum Gasteiger partial charge on any atom is 0.240 e. The maximum atomic E-state index is 12.3. The smallest absolute Gasteiger partial charge is 0.240 e. The van der Waals surface area contributed by atoms with Gasteiger partial charge in [0.25, 0.3) is 0 Å². The molecule has 7 nitrogen and oxygen atoms in total. The van der Waals surface area contributed by atoms with E-state index >= 15 is 0 Å². The highest BCUT2D eigenvalue weighted by Gasteiger charge is 2.48. The van der Waals surface area contributed by atoms with Gasteiger partial charge in [0.2, 0.25) is 17.7 Å². The van der Waals surface area contributed by atoms with Gasteiger partial charge < -0.3 is 5.32 Å². The van der Waals surface area contributed by atoms with Crippen molar-refractivity contribution in [3.63, 3.8) is 0 Å². The number of rotatable bonds is 6. The number of hydrogen-bond donors (Lipinski definition) is 1. The number of fused-ring (bicyclic) bond motifs is 1. The van der Waals surface area contributed by atoms with Crippen LogP contribution in [0, 0.1) is 11.8 Å². The number of carbonyl (C=O) groups is 3. The van der Waals surface area contributed by atoms with Crippen LogP contribution in [0.3, 0.4) is 0 Å². The second-order valence-electron chi connectivity index (χ2n) is 6.23. The zero-order chi connectivity index (χ0) is 16.2. The van der Waals surface area contributed by atoms with E-state index < -0.39 is 0 Å². The molecular weight excluding hydrogens is 296 g/mol. The molecule has 2 heterocycles. The van der Waals surface area contributed by atoms with Gasteiger partial charge in [-0.2, -0.15) is 5.10 Å². The molecule has 2 atom stereocenters. The summed E-state index contributed by atoms with van der Waals surface area (Å²) in [5, 5.41) is 6.85. The lowest BCUT2D eigenvalue weighted by Gasteiger charge is -2.19. The van der Waals surface area contributed by atoms with Gasteiger partial charge in [0.15, 0.2) is 0 Å². The zero-order valence-electron chi connectivity index (χ0n) is 13.1. The summed E-state index contributed by atoms with van der Waals surface area (Å²) in [5.41, 5.74) is 0. The Morgan fingerprint density at radius 2 is 1.91 bits per heavy atom. The van der Waals surface area contributed by atoms with E-state index in [1.165, 1.54) is 0 Å². The number of imide groups is 1. The minimum absolute atomic E-state index is 0.146. The number of hydrogen-bond acceptors (Lipinski definition) is 4. The third-order valence-electron chi connectivity index (χ3n) is 4.68. The molecule has 3 rings (SSSR count). The zero-order valence-corrected chi connectivity index (χ0v) is 13.1. The molecule has 0 spiro atoms. The van der Waals surface area contributed by atoms with Crippen molar-refractivity contribution >= 4 is 17.7 Å². The minimum Gasteiger partial charge on any atom is -0.354 e. The molecule has 1 aliphatic heterocycles. The van der Waals surface area contributed by atoms with Crippen LogP contribution < -0.4 is 5.32 Å². The van der Waals surface area contributed by atoms with Gasteiger partial charge in [0, 0.05) is 25.5 Å². The second kappa shape index (κ2) is 6.93. The number of aryl methyl sites for hydroxylation is 1. The third-order valence-corrected chi connectivity index (χ3v) is 4.68. The quantitative estimate of drug-likeness (QED) is 0.614. The van der Waals surface area contributed by atoms with Crippen LogP contribution in [0.5, 0.6) is 0 Å². The predicted octanol–water partition coefficient (Wildman–Crippen LogP) is 0.565. The first-order chi connectivity index (χ1) is 11.2. The van der Waals surface area contributed by atoms with Crippen LogP contribution in [0.25, 0.3) is 0 Å². The van der Waals surface area contributed by atoms with E-state index in [1.807, 2.05) is 12.3 Å². The summed E-state index contributed by atoms with van der Waals surface area (Å²) >= 11 is 0. The lowest BCUT2D eigenvalue weighted by atomic mass is 9.81. The van der Waals surface area contributed by atoms with Crippen molar-refractivity contribution in [2.24, 2.45) is 11.8 Å². The molecule has 1 aromatic rings. The van der Waals surface area contributed by atoms with Crippen molar-refractivity contribution in [1.82, 2.24) is 20.0 Å². The molecule has 0 radical (unpaired) electrons. The number of nitrogens with zero attached hydrogens (tertiary/aromatic N) is 3. The molecule has 1 aromatic heterocycles. The van der Waals surface area contributed by atoms with Crippen molar-refractivity contribution in [2.75, 3.05) is 13.1 Å². The van der Waals surface area contributed by atoms with E-state index in [2.05, 4.69) is 10.4 Å². The molecule has 1 saturated carbocycles. The fourth-order valence-corrected chi connectivity index (χ4v) is 3.49. The Balaban J connectivity index is 1.44. The van der Waals surface area contributed by atoms with Crippen LogP contribution in [0.1, 0.15) is 32.1 Å². The fourth-order valence-electron chi connectivity index (χ4n) is 3.49. The monoisotopic (exact) mass is 318 g/mol. The van der Waals surface area contributed by atoms with Crippen LogP contribution in [0.2, 0.25) is 0 Å². The maximum absolute atomic E-state index is 12.3. The van der Waals surface area contributed by atoms with Gasteiger partial charge in [-0.15, -0.1) is 0 Å². The first-order valence-electron chi connectivity index (χ1n) is 8.26. The van der Waals surface area contributed by atoms with Crippen LogP contribution in [0.4, 0.5) is 0 Å². The highest BCUT2D eigenvalue weighted by Crippen LogP contribution is 2.37. The average molecular weight is 318 g/mol. The van der Waals surface area contributed by atoms with Crippen LogP contribution >= 0.6 is 0 Å². The SMILES string of the molecule is O=C(CN1C(=O)[C@H]2CCCC[C@@H]2C1=O)NCCCn1cccn1. The van der Waals surface area contributed by atoms with E-state index in [4.69, 9.17) is 0 Å². The number of aromatic nitrogens is 2. The third kappa shape index (κ3) is 3.43. The van der Waals surface area contributed by atoms with Gasteiger partial charge in [-0.3, -0.25) is 24.0 Å². The summed E-state index contributed by atoms with van der Waals surface area (Å²) in [5.74, 6) is -0.976. The predicted molar refractivity (Wildman–Crippen MR) is 82.0 cm³/mol. The van der Waals surface area contributed by atoms with Crippen LogP contribution in [-0.4, -0.2) is 45.5 Å². The van der Waals surface area contributed by atoms with Gasteiger partial charge in [0.05, 0.1) is 11.8 Å². The van der Waals surface area contributed by atoms with Crippen molar-refractivity contribution in [1.29, 1.82) is 0 Å². The van der Waals surface area contributed by atoms with Gasteiger partial charge in [-0.05, 0) is 25.3 Å². The Morgan fingerprint density at radius 1 is 1.22 bits per heavy atom. The van der Waals surface area contributed by atoms with E-state index in [0.717, 1.165) is 43.5 Å². The van der Waals surface area contributed by atoms with Crippen molar-refractivity contribution in [3.8, 4) is 0 Å². The molecule has 124 valence electrons. The summed E-state index contributed by atoms with van der Waals surface area (Å²) in [7, 11) is 0. The van der Waals surface area contributed by atoms with E-state index in [0.29, 0.717) is 6.54 Å². The lowest BCUT2D eigenvalue weighted by Crippen LogP contribution is -2.41. The molecule has 0 unspecified atom stereocenters. The fraction of sp³-hybridized carbons (Fsp3) is 0.625. The Hall–Kier alpha value is -2.18. The topological polar surface area (TPSA) is 84.3 Å². The van der Waals surface area contributed by atoms with Gasteiger partial charge >= 0.3 is 0 Å². The molecule has 1 N–H and O–H groups in total. The molecule has 0 aromatic carbocycles. The summed E-state index contributed by atoms with van der Waals surface area (Å²) < 4.78 is 1.80. The summed E-state index contributed by atoms with van der Waals surface area (Å²) in [4.78, 5) is 37.7. The van der Waals surface area contributed by atoms with Crippen LogP contribution in [-0.2, 0) is 20.9 Å². The first kappa shape index (κ1) is 15.7. The number of nitrogens with one attached hydrogen (secondary N) is 1. The van der Waals surface area contributed by atoms with Crippen molar-refractivity contribution in [3.05, 3.63) is 18.5 Å². The number of amides is 3.